The molecule has 0 bridgehead atoms. The van der Waals surface area contributed by atoms with Gasteiger partial charge in [0.15, 0.2) is 0 Å². The monoisotopic (exact) mass is 269 g/mol. The first-order valence-electron chi connectivity index (χ1n) is 5.82. The first kappa shape index (κ1) is 16.2. The summed E-state index contributed by atoms with van der Waals surface area (Å²) in [7, 11) is -3.29. The molecule has 0 radical (unpaired) electrons. The van der Waals surface area contributed by atoms with Gasteiger partial charge in [-0.05, 0) is 29.7 Å². The van der Waals surface area contributed by atoms with Crippen LogP contribution in [0.1, 0.15) is 39.5 Å². The Hall–Kier alpha value is 0.220. The van der Waals surface area contributed by atoms with Crippen LogP contribution in [0.3, 0.4) is 0 Å². The number of hydrogen-bond acceptors (Lipinski definition) is 4. The van der Waals surface area contributed by atoms with E-state index in [1.54, 1.807) is 0 Å². The third kappa shape index (κ3) is 10.7. The van der Waals surface area contributed by atoms with Gasteiger partial charge in [-0.25, -0.2) is 0 Å². The molecule has 0 amide bonds. The van der Waals surface area contributed by atoms with E-state index >= 15 is 0 Å². The Balaban J connectivity index is 3.48. The average Bonchev–Trinajstić information content (AvgIpc) is 2.20. The van der Waals surface area contributed by atoms with Crippen LogP contribution in [0.5, 0.6) is 0 Å². The third-order valence-electron chi connectivity index (χ3n) is 2.49. The fraction of sp³-hybridized carbons (Fsp3) is 1.00. The molecule has 0 aliphatic heterocycles. The fourth-order valence-corrected chi connectivity index (χ4v) is 2.79. The van der Waals surface area contributed by atoms with Crippen molar-refractivity contribution in [3.8, 4) is 0 Å². The first-order chi connectivity index (χ1) is 7.49. The first-order valence-corrected chi connectivity index (χ1v) is 8.76. The smallest absolute Gasteiger partial charge is 0.316 e. The molecule has 0 aromatic heterocycles. The van der Waals surface area contributed by atoms with E-state index < -0.39 is 9.15 Å². The maximum atomic E-state index is 10.4. The fourth-order valence-electron chi connectivity index (χ4n) is 1.47. The predicted octanol–water partition coefficient (Wildman–Crippen LogP) is 2.33. The van der Waals surface area contributed by atoms with Gasteiger partial charge in [-0.1, -0.05) is 33.1 Å². The minimum Gasteiger partial charge on any atom is -0.316 e. The highest BCUT2D eigenvalue weighted by Gasteiger charge is 2.06. The van der Waals surface area contributed by atoms with Crippen LogP contribution in [0, 0.1) is 5.92 Å². The SMILES string of the molecule is CCCCC(CC)CNCCSS(=O)(=O)O. The molecule has 0 saturated heterocycles. The van der Waals surface area contributed by atoms with Crippen LogP contribution in [-0.4, -0.2) is 31.8 Å². The van der Waals surface area contributed by atoms with Gasteiger partial charge in [0.1, 0.15) is 0 Å². The van der Waals surface area contributed by atoms with Gasteiger partial charge < -0.3 is 5.32 Å². The van der Waals surface area contributed by atoms with Crippen molar-refractivity contribution in [1.82, 2.24) is 5.32 Å². The van der Waals surface area contributed by atoms with Crippen LogP contribution in [0.25, 0.3) is 0 Å². The van der Waals surface area contributed by atoms with E-state index in [9.17, 15) is 8.42 Å². The maximum Gasteiger partial charge on any atom is 0.319 e. The minimum atomic E-state index is -3.87. The molecule has 4 nitrogen and oxygen atoms in total. The van der Waals surface area contributed by atoms with Gasteiger partial charge in [-0.15, -0.1) is 0 Å². The van der Waals surface area contributed by atoms with E-state index in [1.165, 1.54) is 19.3 Å². The largest absolute Gasteiger partial charge is 0.319 e. The Morgan fingerprint density at radius 1 is 1.38 bits per heavy atom. The molecule has 2 N–H and O–H groups in total. The molecule has 0 heterocycles. The molecule has 0 rings (SSSR count). The highest BCUT2D eigenvalue weighted by atomic mass is 33.1. The van der Waals surface area contributed by atoms with Crippen molar-refractivity contribution in [1.29, 1.82) is 0 Å². The van der Waals surface area contributed by atoms with Gasteiger partial charge >= 0.3 is 9.15 Å². The normalized spacial score (nSPS) is 13.9. The van der Waals surface area contributed by atoms with E-state index in [0.29, 0.717) is 29.0 Å². The lowest BCUT2D eigenvalue weighted by Gasteiger charge is -2.14. The van der Waals surface area contributed by atoms with E-state index in [2.05, 4.69) is 19.2 Å². The average molecular weight is 269 g/mol. The standard InChI is InChI=1S/C10H23NO3S2/c1-3-5-6-10(4-2)9-11-7-8-15-16(12,13)14/h10-11H,3-9H2,1-2H3,(H,12,13,14). The summed E-state index contributed by atoms with van der Waals surface area (Å²) in [5, 5.41) is 3.22. The number of hydrogen-bond donors (Lipinski definition) is 2. The van der Waals surface area contributed by atoms with Crippen LogP contribution in [-0.2, 0) is 9.15 Å². The molecule has 1 unspecified atom stereocenters. The van der Waals surface area contributed by atoms with Gasteiger partial charge in [-0.3, -0.25) is 4.55 Å². The van der Waals surface area contributed by atoms with Crippen LogP contribution in [0.15, 0.2) is 0 Å². The summed E-state index contributed by atoms with van der Waals surface area (Å²) in [4.78, 5) is 0. The maximum absolute atomic E-state index is 10.4. The van der Waals surface area contributed by atoms with Crippen LogP contribution in [0.2, 0.25) is 0 Å². The summed E-state index contributed by atoms with van der Waals surface area (Å²) in [5.74, 6) is 1.07. The van der Waals surface area contributed by atoms with Crippen molar-refractivity contribution >= 4 is 19.9 Å². The Morgan fingerprint density at radius 2 is 2.06 bits per heavy atom. The molecule has 0 fully saturated rings. The molecule has 16 heavy (non-hydrogen) atoms. The van der Waals surface area contributed by atoms with Crippen molar-refractivity contribution in [2.75, 3.05) is 18.8 Å². The Labute approximate surface area is 103 Å². The number of rotatable bonds is 10. The molecular formula is C10H23NO3S2. The molecule has 0 saturated carbocycles. The highest BCUT2D eigenvalue weighted by Crippen LogP contribution is 2.11. The van der Waals surface area contributed by atoms with Crippen LogP contribution >= 0.6 is 10.8 Å². The molecule has 0 spiro atoms. The van der Waals surface area contributed by atoms with Gasteiger partial charge in [0.05, 0.1) is 0 Å². The van der Waals surface area contributed by atoms with Crippen LogP contribution in [0.4, 0.5) is 0 Å². The molecule has 6 heteroatoms. The third-order valence-corrected chi connectivity index (χ3v) is 4.55. The van der Waals surface area contributed by atoms with E-state index in [4.69, 9.17) is 4.55 Å². The number of nitrogens with one attached hydrogen (secondary N) is 1. The summed E-state index contributed by atoms with van der Waals surface area (Å²) in [6.07, 6.45) is 4.85. The lowest BCUT2D eigenvalue weighted by molar-refractivity contribution is 0.425. The summed E-state index contributed by atoms with van der Waals surface area (Å²) in [6, 6.07) is 0. The van der Waals surface area contributed by atoms with Gasteiger partial charge in [0.25, 0.3) is 0 Å². The molecule has 98 valence electrons. The summed E-state index contributed by atoms with van der Waals surface area (Å²) in [6.45, 7) is 5.91. The zero-order valence-electron chi connectivity index (χ0n) is 10.1. The zero-order valence-corrected chi connectivity index (χ0v) is 11.7. The van der Waals surface area contributed by atoms with Gasteiger partial charge in [0.2, 0.25) is 0 Å². The van der Waals surface area contributed by atoms with Crippen molar-refractivity contribution in [3.63, 3.8) is 0 Å². The van der Waals surface area contributed by atoms with Gasteiger partial charge in [-0.2, -0.15) is 8.42 Å². The lowest BCUT2D eigenvalue weighted by atomic mass is 9.99. The Kier molecular flexibility index (Phi) is 9.40. The topological polar surface area (TPSA) is 66.4 Å². The predicted molar refractivity (Wildman–Crippen MR) is 70.2 cm³/mol. The van der Waals surface area contributed by atoms with E-state index in [-0.39, 0.29) is 0 Å². The number of unbranched alkanes of at least 4 members (excludes halogenated alkanes) is 1. The highest BCUT2D eigenvalue weighted by molar-refractivity contribution is 8.69. The van der Waals surface area contributed by atoms with Crippen molar-refractivity contribution < 1.29 is 13.0 Å². The molecule has 0 aliphatic carbocycles. The van der Waals surface area contributed by atoms with Gasteiger partial charge in [0, 0.05) is 12.3 Å². The molecule has 0 aliphatic rings. The zero-order chi connectivity index (χ0) is 12.4. The van der Waals surface area contributed by atoms with Crippen molar-refractivity contribution in [2.24, 2.45) is 5.92 Å². The van der Waals surface area contributed by atoms with Crippen molar-refractivity contribution in [3.05, 3.63) is 0 Å². The second-order valence-corrected chi connectivity index (χ2v) is 7.34. The molecule has 0 aromatic rings. The summed E-state index contributed by atoms with van der Waals surface area (Å²) in [5.41, 5.74) is 0. The summed E-state index contributed by atoms with van der Waals surface area (Å²) < 4.78 is 29.3. The molecular weight excluding hydrogens is 246 g/mol. The van der Waals surface area contributed by atoms with E-state index in [1.807, 2.05) is 0 Å². The van der Waals surface area contributed by atoms with E-state index in [0.717, 1.165) is 13.0 Å². The lowest BCUT2D eigenvalue weighted by Crippen LogP contribution is -2.25. The molecule has 1 atom stereocenters. The molecule has 0 aromatic carbocycles. The van der Waals surface area contributed by atoms with Crippen LogP contribution < -0.4 is 5.32 Å². The second kappa shape index (κ2) is 9.27. The Morgan fingerprint density at radius 3 is 2.56 bits per heavy atom. The van der Waals surface area contributed by atoms with Crippen molar-refractivity contribution in [2.45, 2.75) is 39.5 Å². The Bertz CT molecular complexity index is 255. The second-order valence-electron chi connectivity index (χ2n) is 3.87. The minimum absolute atomic E-state index is 0.392. The quantitative estimate of drug-likeness (QED) is 0.362. The summed E-state index contributed by atoms with van der Waals surface area (Å²) >= 11 is 0.